The van der Waals surface area contributed by atoms with Crippen LogP contribution in [0.5, 0.6) is 0 Å². The van der Waals surface area contributed by atoms with Crippen molar-refractivity contribution < 1.29 is 0 Å². The van der Waals surface area contributed by atoms with Crippen LogP contribution >= 0.6 is 0 Å². The molecule has 0 aliphatic rings. The summed E-state index contributed by atoms with van der Waals surface area (Å²) < 4.78 is 0. The molecule has 0 saturated carbocycles. The number of hydrazine groups is 1. The lowest BCUT2D eigenvalue weighted by atomic mass is 10.3. The Morgan fingerprint density at radius 1 is 1.60 bits per heavy atom. The van der Waals surface area contributed by atoms with Crippen LogP contribution in [-0.4, -0.2) is 38.6 Å². The Labute approximate surface area is 63.1 Å². The molecule has 0 saturated heterocycles. The lowest BCUT2D eigenvalue weighted by Crippen LogP contribution is -2.40. The van der Waals surface area contributed by atoms with Gasteiger partial charge in [-0.15, -0.1) is 6.58 Å². The molecule has 10 heavy (non-hydrogen) atoms. The number of nitrogens with one attached hydrogen (secondary N) is 2. The summed E-state index contributed by atoms with van der Waals surface area (Å²) in [5, 5.41) is 0. The maximum absolute atomic E-state index is 3.73. The van der Waals surface area contributed by atoms with Gasteiger partial charge in [0.05, 0.1) is 0 Å². The molecule has 0 aromatic rings. The van der Waals surface area contributed by atoms with Crippen LogP contribution in [0.4, 0.5) is 0 Å². The SMILES string of the molecule is C=CC(CNNC)N(C)C. The highest BCUT2D eigenvalue weighted by molar-refractivity contribution is 4.86. The lowest BCUT2D eigenvalue weighted by Gasteiger charge is -2.20. The molecule has 0 spiro atoms. The molecular weight excluding hydrogens is 126 g/mol. The van der Waals surface area contributed by atoms with Crippen molar-refractivity contribution in [1.29, 1.82) is 0 Å². The predicted molar refractivity (Wildman–Crippen MR) is 44.7 cm³/mol. The Hall–Kier alpha value is -0.380. The van der Waals surface area contributed by atoms with Crippen LogP contribution in [0.1, 0.15) is 0 Å². The molecule has 3 heteroatoms. The second-order valence-electron chi connectivity index (χ2n) is 2.40. The Balaban J connectivity index is 3.50. The molecule has 0 aliphatic heterocycles. The molecule has 0 aromatic carbocycles. The molecular formula is C7H17N3. The first-order valence-electron chi connectivity index (χ1n) is 3.41. The molecule has 60 valence electrons. The summed E-state index contributed by atoms with van der Waals surface area (Å²) in [4.78, 5) is 2.11. The van der Waals surface area contributed by atoms with Crippen LogP contribution in [-0.2, 0) is 0 Å². The minimum absolute atomic E-state index is 0.396. The third kappa shape index (κ3) is 3.61. The molecule has 0 bridgehead atoms. The van der Waals surface area contributed by atoms with E-state index in [1.807, 2.05) is 27.2 Å². The van der Waals surface area contributed by atoms with Crippen LogP contribution in [0, 0.1) is 0 Å². The van der Waals surface area contributed by atoms with Crippen LogP contribution in [0.15, 0.2) is 12.7 Å². The molecule has 0 amide bonds. The summed E-state index contributed by atoms with van der Waals surface area (Å²) in [5.41, 5.74) is 5.88. The van der Waals surface area contributed by atoms with Crippen LogP contribution in [0.3, 0.4) is 0 Å². The largest absolute Gasteiger partial charge is 0.302 e. The molecule has 2 N–H and O–H groups in total. The number of hydrogen-bond donors (Lipinski definition) is 2. The van der Waals surface area contributed by atoms with Gasteiger partial charge in [-0.3, -0.25) is 10.9 Å². The summed E-state index contributed by atoms with van der Waals surface area (Å²) in [6.07, 6.45) is 1.92. The first-order chi connectivity index (χ1) is 4.72. The van der Waals surface area contributed by atoms with Gasteiger partial charge in [0.25, 0.3) is 0 Å². The van der Waals surface area contributed by atoms with E-state index < -0.39 is 0 Å². The number of nitrogens with zero attached hydrogens (tertiary/aromatic N) is 1. The highest BCUT2D eigenvalue weighted by atomic mass is 15.3. The van der Waals surface area contributed by atoms with E-state index in [1.54, 1.807) is 0 Å². The zero-order valence-electron chi connectivity index (χ0n) is 7.02. The Bertz CT molecular complexity index is 90.9. The number of rotatable bonds is 5. The van der Waals surface area contributed by atoms with Gasteiger partial charge in [0, 0.05) is 12.6 Å². The fourth-order valence-electron chi connectivity index (χ4n) is 0.683. The van der Waals surface area contributed by atoms with Crippen molar-refractivity contribution in [3.8, 4) is 0 Å². The van der Waals surface area contributed by atoms with Crippen molar-refractivity contribution in [1.82, 2.24) is 15.8 Å². The van der Waals surface area contributed by atoms with Gasteiger partial charge in [-0.1, -0.05) is 6.08 Å². The summed E-state index contributed by atoms with van der Waals surface area (Å²) >= 11 is 0. The first kappa shape index (κ1) is 9.62. The fourth-order valence-corrected chi connectivity index (χ4v) is 0.683. The highest BCUT2D eigenvalue weighted by Crippen LogP contribution is 1.90. The third-order valence-electron chi connectivity index (χ3n) is 1.42. The zero-order valence-corrected chi connectivity index (χ0v) is 7.02. The van der Waals surface area contributed by atoms with Gasteiger partial charge in [0.2, 0.25) is 0 Å². The lowest BCUT2D eigenvalue weighted by molar-refractivity contribution is 0.323. The minimum Gasteiger partial charge on any atom is -0.302 e. The predicted octanol–water partition coefficient (Wildman–Crippen LogP) is -0.173. The first-order valence-corrected chi connectivity index (χ1v) is 3.41. The van der Waals surface area contributed by atoms with Crippen molar-refractivity contribution in [3.05, 3.63) is 12.7 Å². The molecule has 1 unspecified atom stereocenters. The topological polar surface area (TPSA) is 27.3 Å². The molecule has 0 radical (unpaired) electrons. The molecule has 0 heterocycles. The van der Waals surface area contributed by atoms with Gasteiger partial charge in [0.15, 0.2) is 0 Å². The van der Waals surface area contributed by atoms with E-state index in [0.29, 0.717) is 6.04 Å². The Morgan fingerprint density at radius 3 is 2.50 bits per heavy atom. The highest BCUT2D eigenvalue weighted by Gasteiger charge is 2.03. The second-order valence-corrected chi connectivity index (χ2v) is 2.40. The van der Waals surface area contributed by atoms with Crippen molar-refractivity contribution in [2.45, 2.75) is 6.04 Å². The van der Waals surface area contributed by atoms with E-state index in [2.05, 4.69) is 22.3 Å². The maximum Gasteiger partial charge on any atom is 0.0408 e. The van der Waals surface area contributed by atoms with E-state index in [-0.39, 0.29) is 0 Å². The summed E-state index contributed by atoms with van der Waals surface area (Å²) in [6.45, 7) is 4.61. The van der Waals surface area contributed by atoms with E-state index in [4.69, 9.17) is 0 Å². The van der Waals surface area contributed by atoms with Gasteiger partial charge in [-0.2, -0.15) is 0 Å². The summed E-state index contributed by atoms with van der Waals surface area (Å²) in [7, 11) is 5.92. The fraction of sp³-hybridized carbons (Fsp3) is 0.714. The molecule has 3 nitrogen and oxygen atoms in total. The standard InChI is InChI=1S/C7H17N3/c1-5-7(10(3)4)6-9-8-2/h5,7-9H,1,6H2,2-4H3. The van der Waals surface area contributed by atoms with Crippen molar-refractivity contribution in [2.75, 3.05) is 27.7 Å². The molecule has 0 aliphatic carbocycles. The van der Waals surface area contributed by atoms with Crippen molar-refractivity contribution in [3.63, 3.8) is 0 Å². The van der Waals surface area contributed by atoms with Crippen LogP contribution < -0.4 is 10.9 Å². The van der Waals surface area contributed by atoms with Crippen LogP contribution in [0.25, 0.3) is 0 Å². The van der Waals surface area contributed by atoms with Gasteiger partial charge in [-0.05, 0) is 21.1 Å². The second kappa shape index (κ2) is 5.41. The van der Waals surface area contributed by atoms with E-state index in [1.165, 1.54) is 0 Å². The zero-order chi connectivity index (χ0) is 7.98. The smallest absolute Gasteiger partial charge is 0.0408 e. The summed E-state index contributed by atoms with van der Waals surface area (Å²) in [5.74, 6) is 0. The number of hydrogen-bond acceptors (Lipinski definition) is 3. The van der Waals surface area contributed by atoms with Crippen molar-refractivity contribution in [2.24, 2.45) is 0 Å². The maximum atomic E-state index is 3.73. The average molecular weight is 143 g/mol. The van der Waals surface area contributed by atoms with Gasteiger partial charge >= 0.3 is 0 Å². The molecule has 0 fully saturated rings. The van der Waals surface area contributed by atoms with Gasteiger partial charge < -0.3 is 4.90 Å². The van der Waals surface area contributed by atoms with Gasteiger partial charge in [-0.25, -0.2) is 0 Å². The van der Waals surface area contributed by atoms with E-state index in [0.717, 1.165) is 6.54 Å². The Morgan fingerprint density at radius 2 is 2.20 bits per heavy atom. The normalized spacial score (nSPS) is 13.6. The molecule has 1 atom stereocenters. The van der Waals surface area contributed by atoms with Crippen LogP contribution in [0.2, 0.25) is 0 Å². The quantitative estimate of drug-likeness (QED) is 0.413. The monoisotopic (exact) mass is 143 g/mol. The number of likely N-dealkylation sites (N-methyl/N-ethyl adjacent to an activating group) is 1. The van der Waals surface area contributed by atoms with Crippen molar-refractivity contribution >= 4 is 0 Å². The average Bonchev–Trinajstić information content (AvgIpc) is 1.89. The third-order valence-corrected chi connectivity index (χ3v) is 1.42. The summed E-state index contributed by atoms with van der Waals surface area (Å²) in [6, 6.07) is 0.396. The minimum atomic E-state index is 0.396. The molecule has 0 rings (SSSR count). The van der Waals surface area contributed by atoms with Gasteiger partial charge in [0.1, 0.15) is 0 Å². The Kier molecular flexibility index (Phi) is 5.20. The van der Waals surface area contributed by atoms with E-state index in [9.17, 15) is 0 Å². The van der Waals surface area contributed by atoms with E-state index >= 15 is 0 Å². The molecule has 0 aromatic heterocycles.